The zero-order valence-electron chi connectivity index (χ0n) is 11.5. The maximum atomic E-state index is 10.6. The molecule has 0 radical (unpaired) electrons. The molecule has 0 aliphatic heterocycles. The second-order valence-corrected chi connectivity index (χ2v) is 4.70. The summed E-state index contributed by atoms with van der Waals surface area (Å²) < 4.78 is 0. The van der Waals surface area contributed by atoms with E-state index in [1.807, 2.05) is 31.2 Å². The summed E-state index contributed by atoms with van der Waals surface area (Å²) >= 11 is 0. The molecule has 1 rings (SSSR count). The predicted octanol–water partition coefficient (Wildman–Crippen LogP) is 4.43. The van der Waals surface area contributed by atoms with Gasteiger partial charge in [0.05, 0.1) is 0 Å². The van der Waals surface area contributed by atoms with E-state index in [1.54, 1.807) is 0 Å². The SMILES string of the molecule is C=C/C=C1/CC(/C=C/C(=O)O)CCC/C1=C/C=C\C. The van der Waals surface area contributed by atoms with Crippen LogP contribution in [0.4, 0.5) is 0 Å². The Kier molecular flexibility index (Phi) is 6.65. The Hall–Kier alpha value is -1.83. The van der Waals surface area contributed by atoms with Crippen LogP contribution in [0.15, 0.2) is 60.3 Å². The highest BCUT2D eigenvalue weighted by Gasteiger charge is 2.16. The van der Waals surface area contributed by atoms with Gasteiger partial charge in [-0.15, -0.1) is 0 Å². The molecule has 1 N–H and O–H groups in total. The summed E-state index contributed by atoms with van der Waals surface area (Å²) in [5.74, 6) is -0.568. The van der Waals surface area contributed by atoms with E-state index in [1.165, 1.54) is 17.2 Å². The van der Waals surface area contributed by atoms with Crippen molar-refractivity contribution in [3.63, 3.8) is 0 Å². The minimum absolute atomic E-state index is 0.304. The van der Waals surface area contributed by atoms with E-state index in [-0.39, 0.29) is 0 Å². The van der Waals surface area contributed by atoms with Crippen LogP contribution in [-0.4, -0.2) is 11.1 Å². The Bertz CT molecular complexity index is 436. The molecule has 1 saturated carbocycles. The van der Waals surface area contributed by atoms with Crippen LogP contribution in [0.25, 0.3) is 0 Å². The molecular formula is C17H22O2. The average molecular weight is 258 g/mol. The summed E-state index contributed by atoms with van der Waals surface area (Å²) in [5, 5.41) is 8.71. The lowest BCUT2D eigenvalue weighted by Gasteiger charge is -2.10. The lowest BCUT2D eigenvalue weighted by Crippen LogP contribution is -1.98. The van der Waals surface area contributed by atoms with Gasteiger partial charge in [-0.3, -0.25) is 0 Å². The molecule has 0 bridgehead atoms. The van der Waals surface area contributed by atoms with Gasteiger partial charge in [-0.05, 0) is 49.7 Å². The fourth-order valence-electron chi connectivity index (χ4n) is 2.33. The summed E-state index contributed by atoms with van der Waals surface area (Å²) in [4.78, 5) is 10.6. The van der Waals surface area contributed by atoms with Gasteiger partial charge in [0.2, 0.25) is 0 Å². The predicted molar refractivity (Wildman–Crippen MR) is 79.9 cm³/mol. The number of aliphatic carboxylic acids is 1. The molecule has 0 saturated heterocycles. The van der Waals surface area contributed by atoms with Crippen molar-refractivity contribution < 1.29 is 9.90 Å². The summed E-state index contributed by atoms with van der Waals surface area (Å²) in [7, 11) is 0. The van der Waals surface area contributed by atoms with Crippen LogP contribution < -0.4 is 0 Å². The lowest BCUT2D eigenvalue weighted by atomic mass is 9.95. The number of carbonyl (C=O) groups is 1. The maximum absolute atomic E-state index is 10.6. The van der Waals surface area contributed by atoms with Crippen LogP contribution in [-0.2, 0) is 4.79 Å². The van der Waals surface area contributed by atoms with E-state index in [0.717, 1.165) is 25.7 Å². The van der Waals surface area contributed by atoms with Crippen molar-refractivity contribution in [2.24, 2.45) is 5.92 Å². The number of hydrogen-bond donors (Lipinski definition) is 1. The van der Waals surface area contributed by atoms with Crippen LogP contribution in [0.3, 0.4) is 0 Å². The number of carboxylic acid groups (broad SMARTS) is 1. The second-order valence-electron chi connectivity index (χ2n) is 4.70. The Balaban J connectivity index is 2.90. The van der Waals surface area contributed by atoms with Crippen molar-refractivity contribution >= 4 is 5.97 Å². The molecule has 19 heavy (non-hydrogen) atoms. The monoisotopic (exact) mass is 258 g/mol. The van der Waals surface area contributed by atoms with Crippen molar-refractivity contribution in [3.8, 4) is 0 Å². The summed E-state index contributed by atoms with van der Waals surface area (Å²) in [5.41, 5.74) is 2.61. The summed E-state index contributed by atoms with van der Waals surface area (Å²) in [6, 6.07) is 0. The van der Waals surface area contributed by atoms with Crippen LogP contribution in [0.2, 0.25) is 0 Å². The van der Waals surface area contributed by atoms with E-state index in [2.05, 4.69) is 18.7 Å². The molecule has 1 aliphatic carbocycles. The molecule has 0 aromatic carbocycles. The number of allylic oxidation sites excluding steroid dienone is 8. The molecule has 0 aromatic heterocycles. The highest BCUT2D eigenvalue weighted by molar-refractivity contribution is 5.79. The van der Waals surface area contributed by atoms with Gasteiger partial charge in [0.1, 0.15) is 0 Å². The lowest BCUT2D eigenvalue weighted by molar-refractivity contribution is -0.131. The molecule has 102 valence electrons. The quantitative estimate of drug-likeness (QED) is 0.598. The standard InChI is InChI=1S/C17H22O2/c1-3-5-9-15-10-6-8-14(11-12-17(18)19)13-16(15)7-4-2/h3-5,7,9,11-12,14H,2,6,8,10,13H2,1H3,(H,18,19)/b5-3-,12-11+,15-9-,16-7-. The third kappa shape index (κ3) is 5.56. The molecule has 2 heteroatoms. The first-order valence-electron chi connectivity index (χ1n) is 6.72. The fourth-order valence-corrected chi connectivity index (χ4v) is 2.33. The zero-order valence-corrected chi connectivity index (χ0v) is 11.5. The molecular weight excluding hydrogens is 236 g/mol. The van der Waals surface area contributed by atoms with Crippen molar-refractivity contribution in [1.82, 2.24) is 0 Å². The molecule has 0 spiro atoms. The van der Waals surface area contributed by atoms with Crippen LogP contribution in [0, 0.1) is 5.92 Å². The highest BCUT2D eigenvalue weighted by atomic mass is 16.4. The van der Waals surface area contributed by atoms with Crippen molar-refractivity contribution in [2.75, 3.05) is 0 Å². The maximum Gasteiger partial charge on any atom is 0.327 e. The third-order valence-electron chi connectivity index (χ3n) is 3.24. The summed E-state index contributed by atoms with van der Waals surface area (Å²) in [6.45, 7) is 5.77. The van der Waals surface area contributed by atoms with E-state index in [0.29, 0.717) is 5.92 Å². The molecule has 1 atom stereocenters. The smallest absolute Gasteiger partial charge is 0.327 e. The Morgan fingerprint density at radius 3 is 2.79 bits per heavy atom. The normalized spacial score (nSPS) is 25.2. The van der Waals surface area contributed by atoms with Crippen molar-refractivity contribution in [1.29, 1.82) is 0 Å². The first kappa shape index (κ1) is 15.2. The first-order valence-corrected chi connectivity index (χ1v) is 6.72. The number of rotatable bonds is 4. The van der Waals surface area contributed by atoms with E-state index in [4.69, 9.17) is 5.11 Å². The average Bonchev–Trinajstić information content (AvgIpc) is 2.57. The highest BCUT2D eigenvalue weighted by Crippen LogP contribution is 2.32. The van der Waals surface area contributed by atoms with Gasteiger partial charge in [-0.1, -0.05) is 43.0 Å². The Labute approximate surface area is 115 Å². The second kappa shape index (κ2) is 8.30. The molecule has 0 aromatic rings. The van der Waals surface area contributed by atoms with Gasteiger partial charge in [-0.25, -0.2) is 4.79 Å². The minimum atomic E-state index is -0.872. The summed E-state index contributed by atoms with van der Waals surface area (Å²) in [6.07, 6.45) is 17.2. The van der Waals surface area contributed by atoms with E-state index < -0.39 is 5.97 Å². The molecule has 0 heterocycles. The van der Waals surface area contributed by atoms with Gasteiger partial charge >= 0.3 is 5.97 Å². The number of hydrogen-bond acceptors (Lipinski definition) is 1. The minimum Gasteiger partial charge on any atom is -0.478 e. The van der Waals surface area contributed by atoms with Crippen molar-refractivity contribution in [2.45, 2.75) is 32.6 Å². The van der Waals surface area contributed by atoms with Crippen LogP contribution in [0.5, 0.6) is 0 Å². The van der Waals surface area contributed by atoms with Gasteiger partial charge in [0.15, 0.2) is 0 Å². The molecule has 2 nitrogen and oxygen atoms in total. The Morgan fingerprint density at radius 2 is 2.16 bits per heavy atom. The van der Waals surface area contributed by atoms with E-state index >= 15 is 0 Å². The molecule has 1 fully saturated rings. The largest absolute Gasteiger partial charge is 0.478 e. The van der Waals surface area contributed by atoms with Crippen molar-refractivity contribution in [3.05, 3.63) is 60.3 Å². The molecule has 1 aliphatic rings. The van der Waals surface area contributed by atoms with Gasteiger partial charge < -0.3 is 5.11 Å². The Morgan fingerprint density at radius 1 is 1.37 bits per heavy atom. The zero-order chi connectivity index (χ0) is 14.1. The van der Waals surface area contributed by atoms with Gasteiger partial charge in [-0.2, -0.15) is 0 Å². The topological polar surface area (TPSA) is 37.3 Å². The van der Waals surface area contributed by atoms with Gasteiger partial charge in [0, 0.05) is 6.08 Å². The van der Waals surface area contributed by atoms with E-state index in [9.17, 15) is 4.79 Å². The first-order chi connectivity index (χ1) is 9.17. The fraction of sp³-hybridized carbons (Fsp3) is 0.353. The van der Waals surface area contributed by atoms with Crippen LogP contribution in [0.1, 0.15) is 32.6 Å². The van der Waals surface area contributed by atoms with Crippen LogP contribution >= 0.6 is 0 Å². The third-order valence-corrected chi connectivity index (χ3v) is 3.24. The van der Waals surface area contributed by atoms with Gasteiger partial charge in [0.25, 0.3) is 0 Å². The number of carboxylic acids is 1. The molecule has 1 unspecified atom stereocenters. The molecule has 0 amide bonds.